The first-order valence-electron chi connectivity index (χ1n) is 8.96. The maximum Gasteiger partial charge on any atom is 0.265 e. The number of carbonyl (C=O) groups excluding carboxylic acids is 2. The van der Waals surface area contributed by atoms with Crippen LogP contribution >= 0.6 is 0 Å². The fourth-order valence-corrected chi connectivity index (χ4v) is 2.52. The largest absolute Gasteiger partial charge is 0.481 e. The molecule has 5 nitrogen and oxygen atoms in total. The lowest BCUT2D eigenvalue weighted by Gasteiger charge is -2.18. The smallest absolute Gasteiger partial charge is 0.265 e. The average Bonchev–Trinajstić information content (AvgIpc) is 2.60. The Hall–Kier alpha value is -2.82. The second-order valence-electron chi connectivity index (χ2n) is 6.20. The summed E-state index contributed by atoms with van der Waals surface area (Å²) < 4.78 is 5.82. The zero-order valence-corrected chi connectivity index (χ0v) is 15.5. The molecule has 2 aromatic carbocycles. The monoisotopic (exact) mass is 354 g/mol. The van der Waals surface area contributed by atoms with Crippen molar-refractivity contribution in [3.05, 3.63) is 54.1 Å². The van der Waals surface area contributed by atoms with Gasteiger partial charge in [0.1, 0.15) is 5.75 Å². The molecule has 0 aliphatic carbocycles. The summed E-state index contributed by atoms with van der Waals surface area (Å²) in [7, 11) is 0. The van der Waals surface area contributed by atoms with Crippen LogP contribution in [0.4, 0.5) is 11.4 Å². The van der Waals surface area contributed by atoms with E-state index < -0.39 is 6.10 Å². The summed E-state index contributed by atoms with van der Waals surface area (Å²) in [5, 5.41) is 5.68. The van der Waals surface area contributed by atoms with Crippen molar-refractivity contribution in [2.45, 2.75) is 46.1 Å². The van der Waals surface area contributed by atoms with E-state index in [-0.39, 0.29) is 11.8 Å². The van der Waals surface area contributed by atoms with Crippen LogP contribution in [0.2, 0.25) is 0 Å². The number of hydrogen-bond acceptors (Lipinski definition) is 3. The van der Waals surface area contributed by atoms with Gasteiger partial charge in [-0.2, -0.15) is 0 Å². The van der Waals surface area contributed by atoms with Gasteiger partial charge in [0, 0.05) is 17.8 Å². The van der Waals surface area contributed by atoms with E-state index in [4.69, 9.17) is 4.74 Å². The van der Waals surface area contributed by atoms with Gasteiger partial charge in [0.15, 0.2) is 6.10 Å². The lowest BCUT2D eigenvalue weighted by Crippen LogP contribution is -2.32. The zero-order valence-electron chi connectivity index (χ0n) is 15.5. The van der Waals surface area contributed by atoms with Crippen LogP contribution in [0, 0.1) is 6.92 Å². The van der Waals surface area contributed by atoms with Crippen LogP contribution in [-0.4, -0.2) is 17.9 Å². The standard InChI is InChI=1S/C21H26N2O3/c1-4-8-20(24)22-16-10-7-11-17(14-16)23-21(25)19(5-2)26-18-12-6-9-15(3)13-18/h6-7,9-14,19H,4-5,8H2,1-3H3,(H,22,24)(H,23,25). The number of amides is 2. The molecular weight excluding hydrogens is 328 g/mol. The van der Waals surface area contributed by atoms with Gasteiger partial charge in [0.25, 0.3) is 5.91 Å². The lowest BCUT2D eigenvalue weighted by atomic mass is 10.2. The van der Waals surface area contributed by atoms with E-state index in [0.29, 0.717) is 30.0 Å². The molecule has 0 saturated heterocycles. The van der Waals surface area contributed by atoms with E-state index in [2.05, 4.69) is 10.6 Å². The molecule has 1 unspecified atom stereocenters. The van der Waals surface area contributed by atoms with Crippen LogP contribution in [0.25, 0.3) is 0 Å². The molecule has 0 bridgehead atoms. The highest BCUT2D eigenvalue weighted by atomic mass is 16.5. The third kappa shape index (κ3) is 5.92. The van der Waals surface area contributed by atoms with Gasteiger partial charge >= 0.3 is 0 Å². The minimum atomic E-state index is -0.588. The molecule has 0 radical (unpaired) electrons. The van der Waals surface area contributed by atoms with Crippen LogP contribution in [0.5, 0.6) is 5.75 Å². The number of rotatable bonds is 8. The highest BCUT2D eigenvalue weighted by molar-refractivity contribution is 5.96. The first kappa shape index (κ1) is 19.5. The SMILES string of the molecule is CCCC(=O)Nc1cccc(NC(=O)C(CC)Oc2cccc(C)c2)c1. The Bertz CT molecular complexity index is 758. The molecule has 0 fully saturated rings. The van der Waals surface area contributed by atoms with Gasteiger partial charge in [0.05, 0.1) is 0 Å². The number of aryl methyl sites for hydroxylation is 1. The summed E-state index contributed by atoms with van der Waals surface area (Å²) in [6.45, 7) is 5.84. The Morgan fingerprint density at radius 1 is 1.00 bits per heavy atom. The van der Waals surface area contributed by atoms with E-state index in [1.165, 1.54) is 0 Å². The Morgan fingerprint density at radius 3 is 2.35 bits per heavy atom. The molecule has 0 heterocycles. The van der Waals surface area contributed by atoms with E-state index in [9.17, 15) is 9.59 Å². The van der Waals surface area contributed by atoms with Gasteiger partial charge in [-0.15, -0.1) is 0 Å². The van der Waals surface area contributed by atoms with Crippen LogP contribution in [-0.2, 0) is 9.59 Å². The predicted octanol–water partition coefficient (Wildman–Crippen LogP) is 4.53. The van der Waals surface area contributed by atoms with E-state index in [1.807, 2.05) is 45.0 Å². The van der Waals surface area contributed by atoms with Crippen LogP contribution < -0.4 is 15.4 Å². The van der Waals surface area contributed by atoms with E-state index in [0.717, 1.165) is 12.0 Å². The van der Waals surface area contributed by atoms with Crippen molar-refractivity contribution >= 4 is 23.2 Å². The molecule has 0 aromatic heterocycles. The van der Waals surface area contributed by atoms with Crippen LogP contribution in [0.3, 0.4) is 0 Å². The van der Waals surface area contributed by atoms with E-state index in [1.54, 1.807) is 24.3 Å². The minimum absolute atomic E-state index is 0.0369. The second-order valence-corrected chi connectivity index (χ2v) is 6.20. The first-order chi connectivity index (χ1) is 12.5. The number of hydrogen-bond donors (Lipinski definition) is 2. The third-order valence-corrected chi connectivity index (χ3v) is 3.82. The number of anilines is 2. The number of benzene rings is 2. The summed E-state index contributed by atoms with van der Waals surface area (Å²) in [5.74, 6) is 0.420. The molecule has 138 valence electrons. The number of ether oxygens (including phenoxy) is 1. The number of nitrogens with one attached hydrogen (secondary N) is 2. The summed E-state index contributed by atoms with van der Waals surface area (Å²) in [5.41, 5.74) is 2.36. The lowest BCUT2D eigenvalue weighted by molar-refractivity contribution is -0.122. The van der Waals surface area contributed by atoms with Crippen molar-refractivity contribution in [3.8, 4) is 5.75 Å². The fraction of sp³-hybridized carbons (Fsp3) is 0.333. The quantitative estimate of drug-likeness (QED) is 0.732. The summed E-state index contributed by atoms with van der Waals surface area (Å²) in [6, 6.07) is 14.7. The van der Waals surface area contributed by atoms with Gasteiger partial charge in [-0.05, 0) is 55.7 Å². The second kappa shape index (κ2) is 9.61. The summed E-state index contributed by atoms with van der Waals surface area (Å²) >= 11 is 0. The van der Waals surface area contributed by atoms with Gasteiger partial charge < -0.3 is 15.4 Å². The van der Waals surface area contributed by atoms with Crippen molar-refractivity contribution in [2.24, 2.45) is 0 Å². The molecule has 2 N–H and O–H groups in total. The van der Waals surface area contributed by atoms with Crippen molar-refractivity contribution in [1.82, 2.24) is 0 Å². The molecule has 0 aliphatic heterocycles. The molecule has 2 aromatic rings. The van der Waals surface area contributed by atoms with E-state index >= 15 is 0 Å². The summed E-state index contributed by atoms with van der Waals surface area (Å²) in [6.07, 6.45) is 1.22. The Morgan fingerprint density at radius 2 is 1.69 bits per heavy atom. The van der Waals surface area contributed by atoms with Crippen molar-refractivity contribution < 1.29 is 14.3 Å². The Balaban J connectivity index is 2.01. The number of carbonyl (C=O) groups is 2. The Kier molecular flexibility index (Phi) is 7.21. The van der Waals surface area contributed by atoms with Crippen molar-refractivity contribution in [2.75, 3.05) is 10.6 Å². The zero-order chi connectivity index (χ0) is 18.9. The van der Waals surface area contributed by atoms with Gasteiger partial charge in [-0.1, -0.05) is 32.0 Å². The molecule has 2 amide bonds. The Labute approximate surface area is 154 Å². The topological polar surface area (TPSA) is 67.4 Å². The molecule has 26 heavy (non-hydrogen) atoms. The van der Waals surface area contributed by atoms with Crippen LogP contribution in [0.1, 0.15) is 38.7 Å². The summed E-state index contributed by atoms with van der Waals surface area (Å²) in [4.78, 5) is 24.3. The highest BCUT2D eigenvalue weighted by Gasteiger charge is 2.18. The van der Waals surface area contributed by atoms with Gasteiger partial charge in [-0.3, -0.25) is 9.59 Å². The van der Waals surface area contributed by atoms with Gasteiger partial charge in [-0.25, -0.2) is 0 Å². The molecule has 0 spiro atoms. The molecule has 5 heteroatoms. The first-order valence-corrected chi connectivity index (χ1v) is 8.96. The molecular formula is C21H26N2O3. The molecule has 1 atom stereocenters. The minimum Gasteiger partial charge on any atom is -0.481 e. The maximum absolute atomic E-state index is 12.5. The van der Waals surface area contributed by atoms with Crippen molar-refractivity contribution in [1.29, 1.82) is 0 Å². The average molecular weight is 354 g/mol. The van der Waals surface area contributed by atoms with Gasteiger partial charge in [0.2, 0.25) is 5.91 Å². The van der Waals surface area contributed by atoms with Crippen molar-refractivity contribution in [3.63, 3.8) is 0 Å². The maximum atomic E-state index is 12.5. The molecule has 0 saturated carbocycles. The molecule has 0 aliphatic rings. The highest BCUT2D eigenvalue weighted by Crippen LogP contribution is 2.19. The normalized spacial score (nSPS) is 11.5. The predicted molar refractivity (Wildman–Crippen MR) is 104 cm³/mol. The van der Waals surface area contributed by atoms with Crippen LogP contribution in [0.15, 0.2) is 48.5 Å². The molecule has 2 rings (SSSR count). The fourth-order valence-electron chi connectivity index (χ4n) is 2.52. The third-order valence-electron chi connectivity index (χ3n) is 3.82.